The van der Waals surface area contributed by atoms with E-state index in [1.165, 1.54) is 11.3 Å². The van der Waals surface area contributed by atoms with Gasteiger partial charge in [0, 0.05) is 24.4 Å². The maximum atomic E-state index is 6.45. The van der Waals surface area contributed by atoms with Crippen molar-refractivity contribution in [3.8, 4) is 0 Å². The highest BCUT2D eigenvalue weighted by molar-refractivity contribution is 6.34. The van der Waals surface area contributed by atoms with Gasteiger partial charge in [0.1, 0.15) is 0 Å². The van der Waals surface area contributed by atoms with Gasteiger partial charge < -0.3 is 9.72 Å². The number of rotatable bonds is 4. The third kappa shape index (κ3) is 2.15. The van der Waals surface area contributed by atoms with Crippen LogP contribution in [0.3, 0.4) is 0 Å². The minimum atomic E-state index is 0.470. The molecule has 1 atom stereocenters. The number of nitrogens with one attached hydrogen (secondary N) is 1. The van der Waals surface area contributed by atoms with Gasteiger partial charge in [0.25, 0.3) is 0 Å². The number of nitrogens with zero attached hydrogens (tertiary/aromatic N) is 1. The van der Waals surface area contributed by atoms with E-state index in [4.69, 9.17) is 11.6 Å². The summed E-state index contributed by atoms with van der Waals surface area (Å²) in [5, 5.41) is 4.17. The highest BCUT2D eigenvalue weighted by Crippen LogP contribution is 2.35. The summed E-state index contributed by atoms with van der Waals surface area (Å²) < 4.78 is 2.24. The molecule has 98 valence electrons. The highest BCUT2D eigenvalue weighted by Gasteiger charge is 2.23. The zero-order chi connectivity index (χ0) is 13.3. The van der Waals surface area contributed by atoms with Gasteiger partial charge in [0.15, 0.2) is 0 Å². The Morgan fingerprint density at radius 1 is 1.33 bits per heavy atom. The molecule has 2 aromatic rings. The Morgan fingerprint density at radius 2 is 2.06 bits per heavy atom. The number of aromatic nitrogens is 1. The molecule has 0 spiro atoms. The zero-order valence-electron chi connectivity index (χ0n) is 11.5. The summed E-state index contributed by atoms with van der Waals surface area (Å²) in [5.41, 5.74) is 3.64. The fourth-order valence-corrected chi connectivity index (χ4v) is 2.89. The molecule has 0 radical (unpaired) electrons. The quantitative estimate of drug-likeness (QED) is 0.887. The first kappa shape index (κ1) is 13.4. The second-order valence-corrected chi connectivity index (χ2v) is 5.57. The van der Waals surface area contributed by atoms with Crippen LogP contribution in [0, 0.1) is 12.8 Å². The molecular formula is C15H21ClN2. The topological polar surface area (TPSA) is 16.4 Å². The summed E-state index contributed by atoms with van der Waals surface area (Å²) in [7, 11) is 2.00. The Labute approximate surface area is 114 Å². The fraction of sp³-hybridized carbons (Fsp3) is 0.467. The second-order valence-electron chi connectivity index (χ2n) is 5.19. The van der Waals surface area contributed by atoms with Crippen LogP contribution < -0.4 is 5.32 Å². The maximum absolute atomic E-state index is 6.45. The van der Waals surface area contributed by atoms with Crippen LogP contribution in [0.15, 0.2) is 24.4 Å². The van der Waals surface area contributed by atoms with Crippen molar-refractivity contribution in [1.29, 1.82) is 0 Å². The molecule has 0 saturated heterocycles. The van der Waals surface area contributed by atoms with Crippen LogP contribution in [-0.2, 0) is 0 Å². The van der Waals surface area contributed by atoms with E-state index in [-0.39, 0.29) is 0 Å². The van der Waals surface area contributed by atoms with Crippen LogP contribution in [0.1, 0.15) is 31.0 Å². The summed E-state index contributed by atoms with van der Waals surface area (Å²) in [5.74, 6) is 1.04. The summed E-state index contributed by atoms with van der Waals surface area (Å²) in [6, 6.07) is 6.17. The molecule has 3 heteroatoms. The Kier molecular flexibility index (Phi) is 3.98. The van der Waals surface area contributed by atoms with Gasteiger partial charge in [-0.3, -0.25) is 0 Å². The Hall–Kier alpha value is -0.990. The Balaban J connectivity index is 2.65. The summed E-state index contributed by atoms with van der Waals surface area (Å²) in [4.78, 5) is 0. The molecule has 2 aromatic heterocycles. The highest BCUT2D eigenvalue weighted by atomic mass is 35.5. The molecule has 2 nitrogen and oxygen atoms in total. The van der Waals surface area contributed by atoms with E-state index in [0.717, 1.165) is 17.1 Å². The van der Waals surface area contributed by atoms with E-state index < -0.39 is 0 Å². The molecule has 2 heterocycles. The van der Waals surface area contributed by atoms with Crippen LogP contribution in [0.5, 0.6) is 0 Å². The SMILES string of the molecule is CNCC(c1c(C)c(Cl)c2ccccn12)C(C)C. The van der Waals surface area contributed by atoms with Crippen molar-refractivity contribution in [3.63, 3.8) is 0 Å². The molecule has 1 N–H and O–H groups in total. The summed E-state index contributed by atoms with van der Waals surface area (Å²) >= 11 is 6.45. The average Bonchev–Trinajstić information content (AvgIpc) is 2.60. The van der Waals surface area contributed by atoms with Gasteiger partial charge in [0.05, 0.1) is 10.5 Å². The molecule has 0 aromatic carbocycles. The maximum Gasteiger partial charge on any atom is 0.0693 e. The van der Waals surface area contributed by atoms with Crippen molar-refractivity contribution in [2.24, 2.45) is 5.92 Å². The third-order valence-corrected chi connectivity index (χ3v) is 4.11. The lowest BCUT2D eigenvalue weighted by atomic mass is 9.90. The van der Waals surface area contributed by atoms with Crippen molar-refractivity contribution in [2.45, 2.75) is 26.7 Å². The molecule has 0 saturated carbocycles. The monoisotopic (exact) mass is 264 g/mol. The van der Waals surface area contributed by atoms with Gasteiger partial charge >= 0.3 is 0 Å². The number of halogens is 1. The predicted octanol–water partition coefficient (Wildman–Crippen LogP) is 3.86. The van der Waals surface area contributed by atoms with E-state index in [1.807, 2.05) is 13.1 Å². The molecular weight excluding hydrogens is 244 g/mol. The molecule has 0 aliphatic carbocycles. The van der Waals surface area contributed by atoms with Gasteiger partial charge in [-0.1, -0.05) is 31.5 Å². The van der Waals surface area contributed by atoms with Crippen molar-refractivity contribution >= 4 is 17.1 Å². The van der Waals surface area contributed by atoms with Crippen LogP contribution in [0.25, 0.3) is 5.52 Å². The zero-order valence-corrected chi connectivity index (χ0v) is 12.3. The number of hydrogen-bond donors (Lipinski definition) is 1. The molecule has 0 amide bonds. The van der Waals surface area contributed by atoms with Crippen LogP contribution in [0.4, 0.5) is 0 Å². The molecule has 0 aliphatic heterocycles. The minimum absolute atomic E-state index is 0.470. The van der Waals surface area contributed by atoms with Crippen molar-refractivity contribution in [3.05, 3.63) is 40.7 Å². The third-order valence-electron chi connectivity index (χ3n) is 3.64. The normalized spacial score (nSPS) is 13.4. The molecule has 1 unspecified atom stereocenters. The molecule has 18 heavy (non-hydrogen) atoms. The summed E-state index contributed by atoms with van der Waals surface area (Å²) in [6.45, 7) is 7.61. The number of hydrogen-bond acceptors (Lipinski definition) is 1. The lowest BCUT2D eigenvalue weighted by Gasteiger charge is -2.22. The lowest BCUT2D eigenvalue weighted by Crippen LogP contribution is -2.23. The fourth-order valence-electron chi connectivity index (χ4n) is 2.64. The Morgan fingerprint density at radius 3 is 2.67 bits per heavy atom. The Bertz CT molecular complexity index is 543. The van der Waals surface area contributed by atoms with Gasteiger partial charge in [-0.05, 0) is 37.6 Å². The molecule has 0 fully saturated rings. The van der Waals surface area contributed by atoms with Crippen LogP contribution in [-0.4, -0.2) is 18.0 Å². The number of fused-ring (bicyclic) bond motifs is 1. The first-order chi connectivity index (χ1) is 8.57. The van der Waals surface area contributed by atoms with Crippen molar-refractivity contribution < 1.29 is 0 Å². The van der Waals surface area contributed by atoms with Crippen LogP contribution >= 0.6 is 11.6 Å². The molecule has 0 aliphatic rings. The van der Waals surface area contributed by atoms with Crippen molar-refractivity contribution in [2.75, 3.05) is 13.6 Å². The van der Waals surface area contributed by atoms with Gasteiger partial charge in [0.2, 0.25) is 0 Å². The van der Waals surface area contributed by atoms with Gasteiger partial charge in [-0.2, -0.15) is 0 Å². The standard InChI is InChI=1S/C15H21ClN2/c1-10(2)12(9-17-4)15-11(3)14(16)13-7-5-6-8-18(13)15/h5-8,10,12,17H,9H2,1-4H3. The average molecular weight is 265 g/mol. The van der Waals surface area contributed by atoms with Crippen molar-refractivity contribution in [1.82, 2.24) is 9.72 Å². The van der Waals surface area contributed by atoms with E-state index >= 15 is 0 Å². The van der Waals surface area contributed by atoms with Crippen LogP contribution in [0.2, 0.25) is 5.02 Å². The molecule has 2 rings (SSSR count). The van der Waals surface area contributed by atoms with E-state index in [1.54, 1.807) is 0 Å². The smallest absolute Gasteiger partial charge is 0.0693 e. The largest absolute Gasteiger partial charge is 0.319 e. The van der Waals surface area contributed by atoms with E-state index in [0.29, 0.717) is 11.8 Å². The van der Waals surface area contributed by atoms with E-state index in [2.05, 4.69) is 48.8 Å². The number of pyridine rings is 1. The van der Waals surface area contributed by atoms with Gasteiger partial charge in [-0.25, -0.2) is 0 Å². The van der Waals surface area contributed by atoms with E-state index in [9.17, 15) is 0 Å². The molecule has 0 bridgehead atoms. The number of likely N-dealkylation sites (N-methyl/N-ethyl adjacent to an activating group) is 1. The lowest BCUT2D eigenvalue weighted by molar-refractivity contribution is 0.465. The first-order valence-electron chi connectivity index (χ1n) is 6.47. The first-order valence-corrected chi connectivity index (χ1v) is 6.85. The second kappa shape index (κ2) is 5.33. The summed E-state index contributed by atoms with van der Waals surface area (Å²) in [6.07, 6.45) is 2.11. The predicted molar refractivity (Wildman–Crippen MR) is 78.6 cm³/mol. The van der Waals surface area contributed by atoms with Gasteiger partial charge in [-0.15, -0.1) is 0 Å². The minimum Gasteiger partial charge on any atom is -0.319 e.